The summed E-state index contributed by atoms with van der Waals surface area (Å²) in [7, 11) is 1.66. The van der Waals surface area contributed by atoms with Crippen molar-refractivity contribution in [2.24, 2.45) is 10.4 Å². The van der Waals surface area contributed by atoms with Gasteiger partial charge in [-0.1, -0.05) is 6.07 Å². The van der Waals surface area contributed by atoms with Gasteiger partial charge in [0.1, 0.15) is 5.82 Å². The van der Waals surface area contributed by atoms with Gasteiger partial charge in [-0.3, -0.25) is 9.79 Å². The monoisotopic (exact) mass is 374 g/mol. The van der Waals surface area contributed by atoms with Gasteiger partial charge < -0.3 is 20.9 Å². The maximum absolute atomic E-state index is 12.0. The van der Waals surface area contributed by atoms with Crippen LogP contribution in [0.3, 0.4) is 0 Å². The first kappa shape index (κ1) is 21.0. The lowest BCUT2D eigenvalue weighted by Crippen LogP contribution is -2.49. The van der Waals surface area contributed by atoms with E-state index in [1.807, 2.05) is 27.0 Å². The number of amides is 1. The second-order valence-corrected chi connectivity index (χ2v) is 7.76. The van der Waals surface area contributed by atoms with Gasteiger partial charge in [-0.25, -0.2) is 4.98 Å². The number of hydrogen-bond acceptors (Lipinski definition) is 4. The molecule has 3 N–H and O–H groups in total. The number of pyridine rings is 1. The first-order valence-corrected chi connectivity index (χ1v) is 9.80. The van der Waals surface area contributed by atoms with Gasteiger partial charge in [-0.05, 0) is 52.2 Å². The fourth-order valence-electron chi connectivity index (χ4n) is 3.10. The summed E-state index contributed by atoms with van der Waals surface area (Å²) in [4.78, 5) is 23.5. The number of anilines is 1. The first-order valence-electron chi connectivity index (χ1n) is 9.80. The van der Waals surface area contributed by atoms with Gasteiger partial charge in [0.15, 0.2) is 5.96 Å². The second kappa shape index (κ2) is 9.58. The molecule has 150 valence electrons. The van der Waals surface area contributed by atoms with Crippen molar-refractivity contribution in [2.75, 3.05) is 38.1 Å². The van der Waals surface area contributed by atoms with Crippen molar-refractivity contribution in [2.45, 2.75) is 46.6 Å². The van der Waals surface area contributed by atoms with Crippen LogP contribution >= 0.6 is 0 Å². The third-order valence-corrected chi connectivity index (χ3v) is 4.87. The highest BCUT2D eigenvalue weighted by molar-refractivity contribution is 5.83. The van der Waals surface area contributed by atoms with Crippen molar-refractivity contribution < 1.29 is 4.79 Å². The summed E-state index contributed by atoms with van der Waals surface area (Å²) >= 11 is 0. The number of carbonyl (C=O) groups excluding carboxylic acids is 1. The summed E-state index contributed by atoms with van der Waals surface area (Å²) in [5.41, 5.74) is 0.652. The minimum Gasteiger partial charge on any atom is -0.359 e. The van der Waals surface area contributed by atoms with E-state index in [1.165, 1.54) is 5.56 Å². The number of nitrogens with zero attached hydrogens (tertiary/aromatic N) is 3. The maximum atomic E-state index is 12.0. The van der Waals surface area contributed by atoms with E-state index >= 15 is 0 Å². The summed E-state index contributed by atoms with van der Waals surface area (Å²) in [6.45, 7) is 11.1. The lowest BCUT2D eigenvalue weighted by Gasteiger charge is -2.34. The molecular formula is C20H34N6O. The summed E-state index contributed by atoms with van der Waals surface area (Å²) in [5.74, 6) is 1.83. The lowest BCUT2D eigenvalue weighted by atomic mass is 9.93. The van der Waals surface area contributed by atoms with E-state index in [0.29, 0.717) is 12.6 Å². The van der Waals surface area contributed by atoms with Gasteiger partial charge in [0, 0.05) is 38.9 Å². The lowest BCUT2D eigenvalue weighted by molar-refractivity contribution is -0.128. The Hall–Kier alpha value is -2.31. The first-order chi connectivity index (χ1) is 12.9. The Kier molecular flexibility index (Phi) is 7.45. The molecule has 1 aliphatic heterocycles. The molecule has 1 saturated heterocycles. The third kappa shape index (κ3) is 6.12. The molecule has 0 aliphatic carbocycles. The van der Waals surface area contributed by atoms with E-state index in [9.17, 15) is 4.79 Å². The van der Waals surface area contributed by atoms with Crippen molar-refractivity contribution in [1.82, 2.24) is 20.9 Å². The summed E-state index contributed by atoms with van der Waals surface area (Å²) in [6.07, 6.45) is 3.97. The van der Waals surface area contributed by atoms with Crippen molar-refractivity contribution in [3.8, 4) is 0 Å². The molecule has 0 radical (unpaired) electrons. The zero-order chi connectivity index (χ0) is 19.9. The quantitative estimate of drug-likeness (QED) is 0.521. The number of rotatable bonds is 6. The zero-order valence-electron chi connectivity index (χ0n) is 17.3. The van der Waals surface area contributed by atoms with Crippen LogP contribution in [0.25, 0.3) is 0 Å². The maximum Gasteiger partial charge on any atom is 0.227 e. The standard InChI is InChI=1S/C20H34N6O/c1-6-22-19(24-14-20(3,4)18(27)21-5)25-16-9-11-26(12-10-16)17-8-7-15(2)13-23-17/h7-8,13,16H,6,9-12,14H2,1-5H3,(H,21,27)(H2,22,24,25). The van der Waals surface area contributed by atoms with E-state index in [1.54, 1.807) is 7.05 Å². The van der Waals surface area contributed by atoms with Crippen molar-refractivity contribution >= 4 is 17.7 Å². The summed E-state index contributed by atoms with van der Waals surface area (Å²) in [6, 6.07) is 4.57. The molecule has 1 fully saturated rings. The SMILES string of the molecule is CCNC(=NCC(C)(C)C(=O)NC)NC1CCN(c2ccc(C)cn2)CC1. The third-order valence-electron chi connectivity index (χ3n) is 4.87. The molecule has 1 amide bonds. The number of guanidine groups is 1. The van der Waals surface area contributed by atoms with Crippen LogP contribution in [-0.2, 0) is 4.79 Å². The van der Waals surface area contributed by atoms with E-state index in [0.717, 1.165) is 44.3 Å². The molecule has 0 aromatic carbocycles. The molecule has 1 aromatic heterocycles. The van der Waals surface area contributed by atoms with Crippen LogP contribution in [0.2, 0.25) is 0 Å². The largest absolute Gasteiger partial charge is 0.359 e. The second-order valence-electron chi connectivity index (χ2n) is 7.76. The molecule has 2 rings (SSSR count). The smallest absolute Gasteiger partial charge is 0.227 e. The predicted octanol–water partition coefficient (Wildman–Crippen LogP) is 1.69. The fourth-order valence-corrected chi connectivity index (χ4v) is 3.10. The molecule has 27 heavy (non-hydrogen) atoms. The van der Waals surface area contributed by atoms with E-state index in [-0.39, 0.29) is 5.91 Å². The Balaban J connectivity index is 1.91. The summed E-state index contributed by atoms with van der Waals surface area (Å²) in [5, 5.41) is 9.52. The molecule has 7 heteroatoms. The van der Waals surface area contributed by atoms with Crippen LogP contribution in [-0.4, -0.2) is 56.1 Å². The van der Waals surface area contributed by atoms with Crippen LogP contribution < -0.4 is 20.9 Å². The average molecular weight is 375 g/mol. The fraction of sp³-hybridized carbons (Fsp3) is 0.650. The Labute approximate surface area is 163 Å². The Bertz CT molecular complexity index is 632. The number of aliphatic imine (C=N–C) groups is 1. The number of aryl methyl sites for hydroxylation is 1. The van der Waals surface area contributed by atoms with E-state index in [4.69, 9.17) is 0 Å². The normalized spacial score (nSPS) is 16.2. The highest BCUT2D eigenvalue weighted by Gasteiger charge is 2.27. The van der Waals surface area contributed by atoms with Crippen molar-refractivity contribution in [3.63, 3.8) is 0 Å². The highest BCUT2D eigenvalue weighted by atomic mass is 16.2. The summed E-state index contributed by atoms with van der Waals surface area (Å²) < 4.78 is 0. The number of carbonyl (C=O) groups is 1. The number of nitrogens with one attached hydrogen (secondary N) is 3. The van der Waals surface area contributed by atoms with Gasteiger partial charge in [0.2, 0.25) is 5.91 Å². The van der Waals surface area contributed by atoms with E-state index < -0.39 is 5.41 Å². The molecule has 0 atom stereocenters. The molecular weight excluding hydrogens is 340 g/mol. The zero-order valence-corrected chi connectivity index (χ0v) is 17.3. The minimum atomic E-state index is -0.530. The topological polar surface area (TPSA) is 81.6 Å². The minimum absolute atomic E-state index is 0.000930. The average Bonchev–Trinajstić information content (AvgIpc) is 2.67. The Morgan fingerprint density at radius 2 is 2.04 bits per heavy atom. The van der Waals surface area contributed by atoms with Crippen molar-refractivity contribution in [1.29, 1.82) is 0 Å². The van der Waals surface area contributed by atoms with E-state index in [2.05, 4.69) is 49.9 Å². The number of hydrogen-bond donors (Lipinski definition) is 3. The van der Waals surface area contributed by atoms with Gasteiger partial charge in [-0.2, -0.15) is 0 Å². The van der Waals surface area contributed by atoms with Gasteiger partial charge in [0.05, 0.1) is 12.0 Å². The predicted molar refractivity (Wildman–Crippen MR) is 111 cm³/mol. The Morgan fingerprint density at radius 3 is 2.59 bits per heavy atom. The number of piperidine rings is 1. The molecule has 0 unspecified atom stereocenters. The highest BCUT2D eigenvalue weighted by Crippen LogP contribution is 2.18. The molecule has 0 bridgehead atoms. The molecule has 0 saturated carbocycles. The van der Waals surface area contributed by atoms with Crippen LogP contribution in [0.4, 0.5) is 5.82 Å². The van der Waals surface area contributed by atoms with Gasteiger partial charge in [-0.15, -0.1) is 0 Å². The molecule has 0 spiro atoms. The molecule has 7 nitrogen and oxygen atoms in total. The Morgan fingerprint density at radius 1 is 1.33 bits per heavy atom. The number of aromatic nitrogens is 1. The molecule has 1 aliphatic rings. The van der Waals surface area contributed by atoms with Gasteiger partial charge in [0.25, 0.3) is 0 Å². The van der Waals surface area contributed by atoms with Crippen LogP contribution in [0.1, 0.15) is 39.2 Å². The van der Waals surface area contributed by atoms with Crippen LogP contribution in [0, 0.1) is 12.3 Å². The van der Waals surface area contributed by atoms with Crippen LogP contribution in [0.5, 0.6) is 0 Å². The molecule has 2 heterocycles. The van der Waals surface area contributed by atoms with Crippen molar-refractivity contribution in [3.05, 3.63) is 23.9 Å². The molecule has 1 aromatic rings. The van der Waals surface area contributed by atoms with Gasteiger partial charge >= 0.3 is 0 Å². The van der Waals surface area contributed by atoms with Crippen LogP contribution in [0.15, 0.2) is 23.3 Å².